The Morgan fingerprint density at radius 2 is 0.883 bits per heavy atom. The van der Waals surface area contributed by atoms with Crippen LogP contribution in [-0.2, 0) is 43.0 Å². The minimum absolute atomic E-state index is 0.135. The van der Waals surface area contributed by atoms with Crippen LogP contribution in [-0.4, -0.2) is 135 Å². The lowest BCUT2D eigenvalue weighted by Gasteiger charge is -2.32. The number of halogens is 20. The van der Waals surface area contributed by atoms with Crippen molar-refractivity contribution in [3.05, 3.63) is 0 Å². The number of carbonyl (C=O) groups is 6. The molecule has 4 atom stereocenters. The van der Waals surface area contributed by atoms with Crippen LogP contribution in [0.4, 0.5) is 79.0 Å². The number of aliphatic carboxylic acids is 1. The van der Waals surface area contributed by atoms with Gasteiger partial charge in [0, 0.05) is 25.7 Å². The lowest BCUT2D eigenvalue weighted by atomic mass is 10.2. The van der Waals surface area contributed by atoms with Gasteiger partial charge in [0.2, 0.25) is 23.6 Å². The molecular formula is C27H28Cl2F18N2O11. The van der Waals surface area contributed by atoms with E-state index in [0.717, 1.165) is 11.8 Å². The third-order valence-corrected chi connectivity index (χ3v) is 6.54. The second kappa shape index (κ2) is 22.0. The topological polar surface area (TPSA) is 177 Å². The van der Waals surface area contributed by atoms with E-state index in [1.165, 1.54) is 6.92 Å². The molecule has 0 aromatic rings. The van der Waals surface area contributed by atoms with E-state index in [4.69, 9.17) is 33.4 Å². The van der Waals surface area contributed by atoms with Crippen molar-refractivity contribution in [3.63, 3.8) is 0 Å². The first kappa shape index (κ1) is 58.5. The SMILES string of the molecule is C[C@@H](C(=O)O)N1C(=O)CCC1=O.C[C@@H](C(=O)OCC(F)(OC(F)(F)CC(F)(F)F)C(F)(F)F)N1C(=O)CCC1=O.ClCCl.OCC(F)(OC(F)(F)CC(F)(F)F)C(F)(F)F. The van der Waals surface area contributed by atoms with Gasteiger partial charge in [0.05, 0.1) is 5.34 Å². The minimum atomic E-state index is -6.31. The number of aliphatic hydroxyl groups is 1. The Balaban J connectivity index is 0. The van der Waals surface area contributed by atoms with E-state index in [9.17, 15) is 108 Å². The number of ether oxygens (including phenoxy) is 3. The average molecular weight is 969 g/mol. The fourth-order valence-electron chi connectivity index (χ4n) is 3.91. The lowest BCUT2D eigenvalue weighted by Crippen LogP contribution is -2.53. The van der Waals surface area contributed by atoms with Gasteiger partial charge in [0.25, 0.3) is 0 Å². The zero-order valence-electron chi connectivity index (χ0n) is 29.5. The van der Waals surface area contributed by atoms with E-state index in [1.807, 2.05) is 0 Å². The van der Waals surface area contributed by atoms with Gasteiger partial charge in [0.1, 0.15) is 31.5 Å². The van der Waals surface area contributed by atoms with Gasteiger partial charge in [-0.15, -0.1) is 23.2 Å². The van der Waals surface area contributed by atoms with Gasteiger partial charge in [-0.05, 0) is 13.8 Å². The number of amides is 4. The molecule has 4 amide bonds. The van der Waals surface area contributed by atoms with E-state index in [1.54, 1.807) is 0 Å². The monoisotopic (exact) mass is 968 g/mol. The lowest BCUT2D eigenvalue weighted by molar-refractivity contribution is -0.428. The highest BCUT2D eigenvalue weighted by Crippen LogP contribution is 2.44. The normalized spacial score (nSPS) is 18.5. The summed E-state index contributed by atoms with van der Waals surface area (Å²) in [4.78, 5) is 68.0. The quantitative estimate of drug-likeness (QED) is 0.0874. The van der Waals surface area contributed by atoms with Crippen LogP contribution in [0, 0.1) is 0 Å². The molecule has 0 spiro atoms. The Labute approximate surface area is 332 Å². The van der Waals surface area contributed by atoms with Crippen LogP contribution in [0.5, 0.6) is 0 Å². The maximum atomic E-state index is 13.9. The standard InChI is InChI=1S/C13H12F9NO5.C7H9NO4.C6H5F9O2.CH2Cl2/c1-6(23-7(24)2-3-8(23)25)9(26)27-5-10(14,13(20,21)22)28-12(18,19)4-11(15,16)17;1-4(7(11)12)8-5(9)2-3-6(8)10;7-3(2-16,6(13,14)15)17-5(11,12)1-4(8,9)10;2-1-3/h6H,2-5H2,1H3;4H,2-3H2,1H3,(H,11,12);16H,1-2H2;1H2/t6-,10?;4-;;/m00../s1. The number of imide groups is 2. The summed E-state index contributed by atoms with van der Waals surface area (Å²) in [7, 11) is 0. The first-order valence-corrected chi connectivity index (χ1v) is 16.3. The van der Waals surface area contributed by atoms with Crippen LogP contribution >= 0.6 is 23.2 Å². The number of carboxylic acids is 1. The molecule has 0 radical (unpaired) electrons. The van der Waals surface area contributed by atoms with Crippen molar-refractivity contribution in [1.29, 1.82) is 0 Å². The number of nitrogens with zero attached hydrogens (tertiary/aromatic N) is 2. The number of hydrogen-bond acceptors (Lipinski definition) is 10. The van der Waals surface area contributed by atoms with Crippen molar-refractivity contribution in [1.82, 2.24) is 9.80 Å². The highest BCUT2D eigenvalue weighted by molar-refractivity contribution is 6.40. The van der Waals surface area contributed by atoms with Gasteiger partial charge in [-0.2, -0.15) is 79.0 Å². The zero-order chi connectivity index (χ0) is 48.3. The number of rotatable bonds is 13. The number of carbonyl (C=O) groups excluding carboxylic acids is 5. The summed E-state index contributed by atoms with van der Waals surface area (Å²) in [5.74, 6) is -16.3. The molecule has 0 aliphatic carbocycles. The first-order chi connectivity index (χ1) is 26.6. The average Bonchev–Trinajstić information content (AvgIpc) is 3.54. The van der Waals surface area contributed by atoms with Gasteiger partial charge < -0.3 is 14.9 Å². The Bertz CT molecular complexity index is 1470. The maximum Gasteiger partial charge on any atom is 0.452 e. The van der Waals surface area contributed by atoms with Crippen molar-refractivity contribution in [2.24, 2.45) is 0 Å². The summed E-state index contributed by atoms with van der Waals surface area (Å²) in [5.41, 5.74) is 0. The number of hydrogen-bond donors (Lipinski definition) is 2. The number of carboxylic acid groups (broad SMARTS) is 1. The summed E-state index contributed by atoms with van der Waals surface area (Å²) in [6.07, 6.45) is -41.5. The van der Waals surface area contributed by atoms with Gasteiger partial charge in [0.15, 0.2) is 6.61 Å². The summed E-state index contributed by atoms with van der Waals surface area (Å²) in [5, 5.41) is 16.7. The van der Waals surface area contributed by atoms with E-state index in [-0.39, 0.29) is 31.0 Å². The smallest absolute Gasteiger partial charge is 0.452 e. The van der Waals surface area contributed by atoms with Crippen molar-refractivity contribution in [2.45, 2.75) is 113 Å². The second-order valence-corrected chi connectivity index (χ2v) is 12.2. The number of esters is 1. The minimum Gasteiger partial charge on any atom is -0.480 e. The molecule has 2 rings (SSSR count). The molecule has 0 bridgehead atoms. The highest BCUT2D eigenvalue weighted by Gasteiger charge is 2.65. The molecule has 2 fully saturated rings. The van der Waals surface area contributed by atoms with Crippen LogP contribution in [0.25, 0.3) is 0 Å². The molecule has 0 saturated carbocycles. The van der Waals surface area contributed by atoms with Crippen LogP contribution in [0.3, 0.4) is 0 Å². The van der Waals surface area contributed by atoms with Gasteiger partial charge in [-0.3, -0.25) is 38.5 Å². The number of alkyl halides is 20. The van der Waals surface area contributed by atoms with E-state index in [2.05, 4.69) is 14.2 Å². The Kier molecular flexibility index (Phi) is 21.4. The largest absolute Gasteiger partial charge is 0.480 e. The molecule has 13 nitrogen and oxygen atoms in total. The Morgan fingerprint density at radius 1 is 0.600 bits per heavy atom. The van der Waals surface area contributed by atoms with E-state index >= 15 is 0 Å². The molecule has 352 valence electrons. The molecule has 33 heteroatoms. The fourth-order valence-corrected chi connectivity index (χ4v) is 3.91. The van der Waals surface area contributed by atoms with Crippen LogP contribution in [0.15, 0.2) is 0 Å². The van der Waals surface area contributed by atoms with E-state index < -0.39 is 122 Å². The molecule has 2 unspecified atom stereocenters. The van der Waals surface area contributed by atoms with Crippen molar-refractivity contribution < 1.29 is 132 Å². The van der Waals surface area contributed by atoms with E-state index in [0.29, 0.717) is 4.90 Å². The second-order valence-electron chi connectivity index (χ2n) is 11.4. The molecule has 0 aromatic heterocycles. The van der Waals surface area contributed by atoms with Crippen molar-refractivity contribution in [2.75, 3.05) is 18.6 Å². The molecule has 0 aromatic carbocycles. The maximum absolute atomic E-state index is 13.9. The third-order valence-electron chi connectivity index (χ3n) is 6.54. The number of likely N-dealkylation sites (tertiary alicyclic amines) is 2. The fraction of sp³-hybridized carbons (Fsp3) is 0.778. The summed E-state index contributed by atoms with van der Waals surface area (Å²) < 4.78 is 230. The van der Waals surface area contributed by atoms with Crippen LogP contribution < -0.4 is 0 Å². The Morgan fingerprint density at radius 3 is 1.13 bits per heavy atom. The molecular weight excluding hydrogens is 941 g/mol. The predicted molar refractivity (Wildman–Crippen MR) is 157 cm³/mol. The van der Waals surface area contributed by atoms with Crippen LogP contribution in [0.2, 0.25) is 0 Å². The molecule has 2 N–H and O–H groups in total. The molecule has 60 heavy (non-hydrogen) atoms. The first-order valence-electron chi connectivity index (χ1n) is 15.2. The highest BCUT2D eigenvalue weighted by atomic mass is 35.5. The van der Waals surface area contributed by atoms with Crippen LogP contribution in [0.1, 0.15) is 52.4 Å². The zero-order valence-corrected chi connectivity index (χ0v) is 31.1. The molecule has 2 aliphatic heterocycles. The van der Waals surface area contributed by atoms with Gasteiger partial charge in [-0.25, -0.2) is 9.59 Å². The molecule has 2 saturated heterocycles. The number of aliphatic hydroxyl groups excluding tert-OH is 1. The summed E-state index contributed by atoms with van der Waals surface area (Å²) in [6.45, 7) is -3.03. The molecule has 2 heterocycles. The van der Waals surface area contributed by atoms with Gasteiger partial charge in [-0.1, -0.05) is 0 Å². The Hall–Kier alpha value is -3.58. The van der Waals surface area contributed by atoms with Crippen molar-refractivity contribution >= 4 is 58.8 Å². The van der Waals surface area contributed by atoms with Gasteiger partial charge >= 0.3 is 60.6 Å². The summed E-state index contributed by atoms with van der Waals surface area (Å²) >= 11 is 9.53. The third kappa shape index (κ3) is 19.4. The van der Waals surface area contributed by atoms with Crippen molar-refractivity contribution in [3.8, 4) is 0 Å². The predicted octanol–water partition coefficient (Wildman–Crippen LogP) is 6.66. The molecule has 2 aliphatic rings. The summed E-state index contributed by atoms with van der Waals surface area (Å²) in [6, 6.07) is -2.86.